The largest absolute Gasteiger partial charge is 0.289 e. The van der Waals surface area contributed by atoms with Gasteiger partial charge in [0.2, 0.25) is 0 Å². The van der Waals surface area contributed by atoms with Crippen molar-refractivity contribution in [2.24, 2.45) is 0 Å². The van der Waals surface area contributed by atoms with Crippen LogP contribution in [0.3, 0.4) is 0 Å². The van der Waals surface area contributed by atoms with E-state index in [0.717, 1.165) is 26.3 Å². The molecule has 0 bridgehead atoms. The number of aromatic nitrogens is 3. The Kier molecular flexibility index (Phi) is 2.67. The third-order valence-electron chi connectivity index (χ3n) is 3.43. The van der Waals surface area contributed by atoms with E-state index < -0.39 is 0 Å². The molecule has 104 valence electrons. The first-order valence-electron chi connectivity index (χ1n) is 6.39. The van der Waals surface area contributed by atoms with E-state index in [2.05, 4.69) is 10.1 Å². The van der Waals surface area contributed by atoms with E-state index in [1.54, 1.807) is 34.3 Å². The van der Waals surface area contributed by atoms with Gasteiger partial charge in [-0.05, 0) is 37.3 Å². The fourth-order valence-electron chi connectivity index (χ4n) is 2.43. The minimum Gasteiger partial charge on any atom is -0.289 e. The van der Waals surface area contributed by atoms with E-state index in [0.29, 0.717) is 10.4 Å². The van der Waals surface area contributed by atoms with E-state index in [4.69, 9.17) is 11.6 Å². The molecular formula is C15H10ClN3OS. The second-order valence-corrected chi connectivity index (χ2v) is 6.55. The number of aryl methyl sites for hydroxylation is 1. The maximum absolute atomic E-state index is 12.5. The number of nitrogens with zero attached hydrogens (tertiary/aromatic N) is 2. The van der Waals surface area contributed by atoms with Crippen molar-refractivity contribution >= 4 is 44.7 Å². The second kappa shape index (κ2) is 4.44. The van der Waals surface area contributed by atoms with Crippen LogP contribution in [0.1, 0.15) is 4.88 Å². The van der Waals surface area contributed by atoms with Gasteiger partial charge in [-0.3, -0.25) is 14.9 Å². The maximum atomic E-state index is 12.5. The third-order valence-corrected chi connectivity index (χ3v) is 4.66. The molecule has 0 aliphatic carbocycles. The molecule has 1 aromatic carbocycles. The summed E-state index contributed by atoms with van der Waals surface area (Å²) in [4.78, 5) is 18.0. The summed E-state index contributed by atoms with van der Waals surface area (Å²) >= 11 is 7.56. The molecule has 0 saturated heterocycles. The first kappa shape index (κ1) is 12.6. The molecule has 0 aliphatic heterocycles. The van der Waals surface area contributed by atoms with E-state index in [-0.39, 0.29) is 5.56 Å². The summed E-state index contributed by atoms with van der Waals surface area (Å²) in [5, 5.41) is 6.16. The number of benzene rings is 1. The molecule has 4 rings (SSSR count). The summed E-state index contributed by atoms with van der Waals surface area (Å²) in [6, 6.07) is 9.40. The topological polar surface area (TPSA) is 50.7 Å². The normalized spacial score (nSPS) is 11.5. The Morgan fingerprint density at radius 2 is 2.10 bits per heavy atom. The lowest BCUT2D eigenvalue weighted by atomic mass is 10.2. The third kappa shape index (κ3) is 1.89. The highest BCUT2D eigenvalue weighted by Gasteiger charge is 2.13. The summed E-state index contributed by atoms with van der Waals surface area (Å²) in [6.45, 7) is 2.01. The van der Waals surface area contributed by atoms with Gasteiger partial charge in [0.25, 0.3) is 5.56 Å². The average molecular weight is 316 g/mol. The maximum Gasteiger partial charge on any atom is 0.281 e. The summed E-state index contributed by atoms with van der Waals surface area (Å²) in [5.74, 6) is 0. The van der Waals surface area contributed by atoms with Crippen LogP contribution < -0.4 is 5.56 Å². The van der Waals surface area contributed by atoms with Crippen molar-refractivity contribution in [2.75, 3.05) is 0 Å². The van der Waals surface area contributed by atoms with E-state index in [1.807, 2.05) is 25.1 Å². The van der Waals surface area contributed by atoms with Crippen LogP contribution in [0.2, 0.25) is 5.02 Å². The zero-order valence-electron chi connectivity index (χ0n) is 11.1. The Balaban J connectivity index is 2.10. The lowest BCUT2D eigenvalue weighted by Crippen LogP contribution is -2.12. The van der Waals surface area contributed by atoms with Gasteiger partial charge in [0.1, 0.15) is 5.00 Å². The van der Waals surface area contributed by atoms with Crippen molar-refractivity contribution in [3.63, 3.8) is 0 Å². The summed E-state index contributed by atoms with van der Waals surface area (Å²) in [6.07, 6.45) is 1.60. The molecule has 0 spiro atoms. The van der Waals surface area contributed by atoms with Gasteiger partial charge in [-0.15, -0.1) is 11.3 Å². The number of nitrogens with one attached hydrogen (secondary N) is 1. The Hall–Kier alpha value is -2.11. The van der Waals surface area contributed by atoms with Crippen molar-refractivity contribution in [1.82, 2.24) is 14.8 Å². The number of fused-ring (bicyclic) bond motifs is 3. The smallest absolute Gasteiger partial charge is 0.281 e. The van der Waals surface area contributed by atoms with Gasteiger partial charge < -0.3 is 0 Å². The number of pyridine rings is 1. The van der Waals surface area contributed by atoms with E-state index in [1.165, 1.54) is 0 Å². The Morgan fingerprint density at radius 3 is 2.86 bits per heavy atom. The Morgan fingerprint density at radius 1 is 1.24 bits per heavy atom. The zero-order valence-corrected chi connectivity index (χ0v) is 12.6. The molecule has 6 heteroatoms. The lowest BCUT2D eigenvalue weighted by Gasteiger charge is -1.98. The molecule has 1 N–H and O–H groups in total. The molecule has 0 amide bonds. The van der Waals surface area contributed by atoms with Crippen LogP contribution in [0, 0.1) is 6.92 Å². The number of aromatic amines is 1. The van der Waals surface area contributed by atoms with E-state index in [9.17, 15) is 4.79 Å². The summed E-state index contributed by atoms with van der Waals surface area (Å²) < 4.78 is 1.57. The number of thiophene rings is 1. The minimum absolute atomic E-state index is 0.0869. The SMILES string of the molecule is Cc1ccc(-n2[nH]c3c(cnc4cc(Cl)ccc43)c2=O)s1. The summed E-state index contributed by atoms with van der Waals surface area (Å²) in [7, 11) is 0. The van der Waals surface area contributed by atoms with Gasteiger partial charge in [0.05, 0.1) is 16.4 Å². The van der Waals surface area contributed by atoms with Crippen molar-refractivity contribution in [3.05, 3.63) is 56.8 Å². The molecule has 3 aromatic heterocycles. The highest BCUT2D eigenvalue weighted by Crippen LogP contribution is 2.25. The van der Waals surface area contributed by atoms with Gasteiger partial charge in [0.15, 0.2) is 0 Å². The van der Waals surface area contributed by atoms with Crippen molar-refractivity contribution in [3.8, 4) is 5.00 Å². The zero-order chi connectivity index (χ0) is 14.6. The molecule has 0 aliphatic rings. The number of halogens is 1. The van der Waals surface area contributed by atoms with Crippen molar-refractivity contribution in [1.29, 1.82) is 0 Å². The predicted molar refractivity (Wildman–Crippen MR) is 86.8 cm³/mol. The fourth-order valence-corrected chi connectivity index (χ4v) is 3.42. The molecule has 3 heterocycles. The molecule has 0 saturated carbocycles. The molecule has 0 fully saturated rings. The molecule has 0 radical (unpaired) electrons. The van der Waals surface area contributed by atoms with Crippen LogP contribution in [0.5, 0.6) is 0 Å². The molecule has 4 aromatic rings. The van der Waals surface area contributed by atoms with Crippen LogP contribution in [-0.2, 0) is 0 Å². The molecule has 4 nitrogen and oxygen atoms in total. The average Bonchev–Trinajstić information content (AvgIpc) is 3.02. The Bertz CT molecular complexity index is 1040. The van der Waals surface area contributed by atoms with E-state index >= 15 is 0 Å². The van der Waals surface area contributed by atoms with Gasteiger partial charge in [0, 0.05) is 21.5 Å². The standard InChI is InChI=1S/C15H10ClN3OS/c1-8-2-5-13(21-8)19-15(20)11-7-17-12-6-9(16)3-4-10(12)14(11)18-19/h2-7,18H,1H3. The van der Waals surface area contributed by atoms with Gasteiger partial charge in [-0.25, -0.2) is 4.68 Å². The number of H-pyrrole nitrogens is 1. The van der Waals surface area contributed by atoms with Crippen LogP contribution in [0.25, 0.3) is 26.8 Å². The van der Waals surface area contributed by atoms with Crippen LogP contribution in [-0.4, -0.2) is 14.8 Å². The molecule has 21 heavy (non-hydrogen) atoms. The lowest BCUT2D eigenvalue weighted by molar-refractivity contribution is 0.881. The highest BCUT2D eigenvalue weighted by molar-refractivity contribution is 7.14. The Labute approximate surface area is 128 Å². The summed E-state index contributed by atoms with van der Waals surface area (Å²) in [5.41, 5.74) is 1.47. The van der Waals surface area contributed by atoms with Gasteiger partial charge in [-0.2, -0.15) is 0 Å². The fraction of sp³-hybridized carbons (Fsp3) is 0.0667. The number of rotatable bonds is 1. The second-order valence-electron chi connectivity index (χ2n) is 4.84. The molecular weight excluding hydrogens is 306 g/mol. The van der Waals surface area contributed by atoms with Gasteiger partial charge in [-0.1, -0.05) is 11.6 Å². The number of hydrogen-bond donors (Lipinski definition) is 1. The number of hydrogen-bond acceptors (Lipinski definition) is 3. The van der Waals surface area contributed by atoms with Crippen LogP contribution >= 0.6 is 22.9 Å². The van der Waals surface area contributed by atoms with Crippen LogP contribution in [0.15, 0.2) is 41.3 Å². The first-order chi connectivity index (χ1) is 10.1. The van der Waals surface area contributed by atoms with Crippen LogP contribution in [0.4, 0.5) is 0 Å². The quantitative estimate of drug-likeness (QED) is 0.579. The molecule has 0 atom stereocenters. The monoisotopic (exact) mass is 315 g/mol. The molecule has 0 unspecified atom stereocenters. The van der Waals surface area contributed by atoms with Crippen molar-refractivity contribution < 1.29 is 0 Å². The predicted octanol–water partition coefficient (Wildman–Crippen LogP) is 3.89. The first-order valence-corrected chi connectivity index (χ1v) is 7.59. The van der Waals surface area contributed by atoms with Crippen molar-refractivity contribution in [2.45, 2.75) is 6.92 Å². The van der Waals surface area contributed by atoms with Gasteiger partial charge >= 0.3 is 0 Å². The minimum atomic E-state index is -0.0869. The highest BCUT2D eigenvalue weighted by atomic mass is 35.5.